The van der Waals surface area contributed by atoms with Crippen molar-refractivity contribution in [1.29, 1.82) is 0 Å². The Bertz CT molecular complexity index is 1400. The third-order valence-corrected chi connectivity index (χ3v) is 5.63. The Labute approximate surface area is 288 Å². The molecular weight excluding hydrogens is 641 g/mol. The number of benzene rings is 4. The molecule has 45 heavy (non-hydrogen) atoms. The van der Waals surface area contributed by atoms with Gasteiger partial charge in [0, 0.05) is 18.8 Å². The van der Waals surface area contributed by atoms with Gasteiger partial charge in [0.05, 0.1) is 22.7 Å². The molecule has 0 fully saturated rings. The molecule has 0 unspecified atom stereocenters. The lowest BCUT2D eigenvalue weighted by Gasteiger charge is -2.10. The molecule has 6 nitrogen and oxygen atoms in total. The smallest absolute Gasteiger partial charge is 0.234 e. The highest BCUT2D eigenvalue weighted by Crippen LogP contribution is 2.08. The van der Waals surface area contributed by atoms with Gasteiger partial charge in [0.1, 0.15) is 0 Å². The summed E-state index contributed by atoms with van der Waals surface area (Å²) in [4.78, 5) is 16.3. The number of halogens is 2. The highest BCUT2D eigenvalue weighted by atomic mass is 35.5. The average molecular weight is 683 g/mol. The van der Waals surface area contributed by atoms with Crippen LogP contribution >= 0.6 is 47.6 Å². The number of hydrogen-bond acceptors (Lipinski definition) is 6. The maximum absolute atomic E-state index is 9.27. The first-order valence-electron chi connectivity index (χ1n) is 14.0. The lowest BCUT2D eigenvalue weighted by molar-refractivity contribution is 0.562. The van der Waals surface area contributed by atoms with E-state index < -0.39 is 0 Å². The van der Waals surface area contributed by atoms with Gasteiger partial charge >= 0.3 is 0 Å². The molecular formula is C35H41Cl2N5OS2. The number of isothiocyanates is 1. The number of nitrogens with zero attached hydrogens (tertiary/aromatic N) is 2. The number of aliphatic imine (C=N–C) groups is 2. The first-order chi connectivity index (χ1) is 21.8. The summed E-state index contributed by atoms with van der Waals surface area (Å²) >= 11 is 19.2. The fourth-order valence-electron chi connectivity index (χ4n) is 3.02. The Morgan fingerprint density at radius 3 is 1.73 bits per heavy atom. The van der Waals surface area contributed by atoms with Gasteiger partial charge in [-0.15, -0.1) is 23.2 Å². The number of rotatable bonds is 7. The molecule has 0 aromatic heterocycles. The van der Waals surface area contributed by atoms with Gasteiger partial charge in [0.25, 0.3) is 0 Å². The van der Waals surface area contributed by atoms with Crippen molar-refractivity contribution < 1.29 is 4.79 Å². The molecule has 0 saturated carbocycles. The molecule has 0 spiro atoms. The predicted octanol–water partition coefficient (Wildman–Crippen LogP) is 9.51. The molecule has 0 bridgehead atoms. The van der Waals surface area contributed by atoms with Gasteiger partial charge in [-0.2, -0.15) is 4.99 Å². The van der Waals surface area contributed by atoms with E-state index in [4.69, 9.17) is 41.2 Å². The molecule has 4 aromatic carbocycles. The van der Waals surface area contributed by atoms with E-state index in [1.165, 1.54) is 28.3 Å². The van der Waals surface area contributed by atoms with Crippen molar-refractivity contribution in [3.05, 3.63) is 131 Å². The maximum atomic E-state index is 9.27. The van der Waals surface area contributed by atoms with E-state index in [1.54, 1.807) is 0 Å². The van der Waals surface area contributed by atoms with Crippen LogP contribution in [-0.2, 0) is 17.9 Å². The largest absolute Gasteiger partial charge is 0.358 e. The summed E-state index contributed by atoms with van der Waals surface area (Å²) in [6.07, 6.45) is 2.37. The van der Waals surface area contributed by atoms with Crippen molar-refractivity contribution in [3.63, 3.8) is 0 Å². The van der Waals surface area contributed by atoms with Crippen LogP contribution in [0.4, 0.5) is 11.4 Å². The molecule has 4 N–H and O–H groups in total. The number of nitrogens with two attached hydrogens (primary N) is 1. The first kappa shape index (κ1) is 41.3. The third kappa shape index (κ3) is 24.3. The van der Waals surface area contributed by atoms with Crippen LogP contribution in [0, 0.1) is 13.8 Å². The van der Waals surface area contributed by atoms with Crippen molar-refractivity contribution in [1.82, 2.24) is 5.32 Å². The summed E-state index contributed by atoms with van der Waals surface area (Å²) < 4.78 is 0. The van der Waals surface area contributed by atoms with Gasteiger partial charge in [0.2, 0.25) is 6.08 Å². The van der Waals surface area contributed by atoms with Crippen molar-refractivity contribution in [2.75, 3.05) is 17.2 Å². The van der Waals surface area contributed by atoms with E-state index in [-0.39, 0.29) is 5.34 Å². The summed E-state index contributed by atoms with van der Waals surface area (Å²) in [7, 11) is 0. The standard InChI is InChI=1S/C15H16N2S.C8H11N.C7H5NS.C4H7NO.CH2Cl2/c1-12-7-9-13(10-8-12)11-16-15(18)17-14-5-3-2-4-6-14;1-7-2-4-8(6-9)5-3-7;9-6-8-7-4-2-1-3-5-7;1-2-3-5-4-6;2-1-3/h2-10H,11H2,1H3,(H2,16,17,18);2-5H,6,9H2,1H3;1-5H;2-3H2,1H3;1H2. The van der Waals surface area contributed by atoms with Gasteiger partial charge in [-0.05, 0) is 80.1 Å². The zero-order valence-corrected chi connectivity index (χ0v) is 29.0. The molecule has 0 heterocycles. The normalized spacial score (nSPS) is 8.76. The molecule has 0 radical (unpaired) electrons. The number of nitrogens with one attached hydrogen (secondary N) is 2. The zero-order chi connectivity index (χ0) is 33.5. The van der Waals surface area contributed by atoms with Gasteiger partial charge in [-0.3, -0.25) is 0 Å². The topological polar surface area (TPSA) is 91.9 Å². The molecule has 4 rings (SSSR count). The van der Waals surface area contributed by atoms with Crippen molar-refractivity contribution >= 4 is 75.4 Å². The van der Waals surface area contributed by atoms with Crippen LogP contribution < -0.4 is 16.4 Å². The van der Waals surface area contributed by atoms with Gasteiger partial charge in [-0.1, -0.05) is 103 Å². The van der Waals surface area contributed by atoms with Crippen LogP contribution in [0.5, 0.6) is 0 Å². The van der Waals surface area contributed by atoms with Crippen LogP contribution in [0.1, 0.15) is 35.6 Å². The Kier molecular flexibility index (Phi) is 26.6. The Morgan fingerprint density at radius 1 is 0.822 bits per heavy atom. The zero-order valence-electron chi connectivity index (χ0n) is 25.9. The number of thiocarbonyl (C=S) groups is 2. The van der Waals surface area contributed by atoms with Crippen LogP contribution in [0.15, 0.2) is 119 Å². The van der Waals surface area contributed by atoms with Crippen molar-refractivity contribution in [2.45, 2.75) is 40.3 Å². The predicted molar refractivity (Wildman–Crippen MR) is 201 cm³/mol. The van der Waals surface area contributed by atoms with E-state index in [9.17, 15) is 4.79 Å². The van der Waals surface area contributed by atoms with Crippen LogP contribution in [-0.4, -0.2) is 28.2 Å². The summed E-state index contributed by atoms with van der Waals surface area (Å²) in [5.74, 6) is 0. The van der Waals surface area contributed by atoms with E-state index in [0.717, 1.165) is 24.3 Å². The number of isocyanates is 1. The second kappa shape index (κ2) is 29.0. The number of aryl methyl sites for hydroxylation is 2. The number of anilines is 1. The van der Waals surface area contributed by atoms with Gasteiger partial charge in [-0.25, -0.2) is 9.79 Å². The third-order valence-electron chi connectivity index (χ3n) is 5.29. The van der Waals surface area contributed by atoms with Crippen LogP contribution in [0.25, 0.3) is 0 Å². The number of para-hydroxylation sites is 2. The van der Waals surface area contributed by atoms with Gasteiger partial charge < -0.3 is 16.4 Å². The highest BCUT2D eigenvalue weighted by Gasteiger charge is 1.97. The second-order valence-corrected chi connectivity index (χ2v) is 10.4. The minimum Gasteiger partial charge on any atom is -0.358 e. The summed E-state index contributed by atoms with van der Waals surface area (Å²) in [5.41, 5.74) is 12.2. The van der Waals surface area contributed by atoms with E-state index in [1.807, 2.05) is 67.6 Å². The maximum Gasteiger partial charge on any atom is 0.234 e. The SMILES string of the molecule is CCCN=C=O.Cc1ccc(CN)cc1.Cc1ccc(CNC(=S)Nc2ccccc2)cc1.ClCCl.S=C=Nc1ccccc1. The average Bonchev–Trinajstić information content (AvgIpc) is 3.06. The van der Waals surface area contributed by atoms with Crippen LogP contribution in [0.2, 0.25) is 0 Å². The molecule has 0 saturated heterocycles. The quantitative estimate of drug-likeness (QED) is 0.0779. The number of hydrogen-bond donors (Lipinski definition) is 3. The van der Waals surface area contributed by atoms with E-state index in [0.29, 0.717) is 18.2 Å². The number of carbonyl (C=O) groups excluding carboxylic acids is 1. The minimum atomic E-state index is 0.194. The molecule has 0 atom stereocenters. The second-order valence-electron chi connectivity index (χ2n) is 8.96. The Morgan fingerprint density at radius 2 is 1.31 bits per heavy atom. The molecule has 0 amide bonds. The minimum absolute atomic E-state index is 0.194. The molecule has 0 aliphatic rings. The first-order valence-corrected chi connectivity index (χ1v) is 15.9. The molecule has 238 valence electrons. The fourth-order valence-corrected chi connectivity index (χ4v) is 3.32. The van der Waals surface area contributed by atoms with Gasteiger partial charge in [0.15, 0.2) is 5.11 Å². The van der Waals surface area contributed by atoms with E-state index in [2.05, 4.69) is 100 Å². The van der Waals surface area contributed by atoms with Crippen LogP contribution in [0.3, 0.4) is 0 Å². The van der Waals surface area contributed by atoms with Crippen molar-refractivity contribution in [3.8, 4) is 0 Å². The molecule has 0 aliphatic carbocycles. The molecule has 4 aromatic rings. The Hall–Kier alpha value is -3.71. The monoisotopic (exact) mass is 681 g/mol. The fraction of sp³-hybridized carbons (Fsp3) is 0.229. The molecule has 10 heteroatoms. The Balaban J connectivity index is 0.000000607. The lowest BCUT2D eigenvalue weighted by atomic mass is 10.1. The summed E-state index contributed by atoms with van der Waals surface area (Å²) in [5, 5.41) is 9.46. The number of alkyl halides is 2. The van der Waals surface area contributed by atoms with E-state index >= 15 is 0 Å². The summed E-state index contributed by atoms with van der Waals surface area (Å²) in [6, 6.07) is 36.1. The molecule has 0 aliphatic heterocycles. The van der Waals surface area contributed by atoms with Crippen molar-refractivity contribution in [2.24, 2.45) is 15.7 Å². The highest BCUT2D eigenvalue weighted by molar-refractivity contribution is 7.80. The lowest BCUT2D eigenvalue weighted by Crippen LogP contribution is -2.27. The summed E-state index contributed by atoms with van der Waals surface area (Å²) in [6.45, 7) is 8.10.